The lowest BCUT2D eigenvalue weighted by Crippen LogP contribution is -2.56. The van der Waals surface area contributed by atoms with Crippen molar-refractivity contribution in [3.63, 3.8) is 0 Å². The highest BCUT2D eigenvalue weighted by atomic mass is 16.4. The number of amides is 3. The Hall–Kier alpha value is -2.95. The summed E-state index contributed by atoms with van der Waals surface area (Å²) in [6.07, 6.45) is 2.33. The van der Waals surface area contributed by atoms with Gasteiger partial charge in [-0.2, -0.15) is 0 Å². The third kappa shape index (κ3) is 6.51. The molecule has 1 aromatic rings. The Bertz CT molecular complexity index is 645. The SMILES string of the molecule is CC(C)[C@H](N)C(=O)N[C@@H](Cc1cnc[nH]1)C(=O)N[C@@H](CC(N)=O)C(=O)O. The van der Waals surface area contributed by atoms with Gasteiger partial charge in [-0.1, -0.05) is 13.8 Å². The van der Waals surface area contributed by atoms with Gasteiger partial charge in [-0.25, -0.2) is 9.78 Å². The number of rotatable bonds is 10. The predicted molar refractivity (Wildman–Crippen MR) is 90.4 cm³/mol. The van der Waals surface area contributed by atoms with E-state index in [2.05, 4.69) is 20.6 Å². The van der Waals surface area contributed by atoms with Crippen molar-refractivity contribution in [3.05, 3.63) is 18.2 Å². The Labute approximate surface area is 149 Å². The van der Waals surface area contributed by atoms with Gasteiger partial charge >= 0.3 is 5.97 Å². The van der Waals surface area contributed by atoms with E-state index in [9.17, 15) is 19.2 Å². The number of aliphatic carboxylic acids is 1. The smallest absolute Gasteiger partial charge is 0.326 e. The highest BCUT2D eigenvalue weighted by molar-refractivity contribution is 5.93. The molecule has 1 heterocycles. The maximum Gasteiger partial charge on any atom is 0.326 e. The van der Waals surface area contributed by atoms with Crippen molar-refractivity contribution in [1.82, 2.24) is 20.6 Å². The standard InChI is InChI=1S/C15H24N6O5/c1-7(2)12(17)14(24)20-9(3-8-5-18-6-19-8)13(23)21-10(15(25)26)4-11(16)22/h5-7,9-10,12H,3-4,17H2,1-2H3,(H2,16,22)(H,18,19)(H,20,24)(H,21,23)(H,25,26)/t9-,10-,12-/m0/s1. The molecule has 1 rings (SSSR count). The quantitative estimate of drug-likeness (QED) is 0.271. The summed E-state index contributed by atoms with van der Waals surface area (Å²) in [6, 6.07) is -3.45. The number of aromatic amines is 1. The van der Waals surface area contributed by atoms with Crippen molar-refractivity contribution in [3.8, 4) is 0 Å². The molecule has 0 fully saturated rings. The zero-order valence-electron chi connectivity index (χ0n) is 14.6. The number of carboxylic acids is 1. The molecule has 3 atom stereocenters. The first kappa shape index (κ1) is 21.1. The minimum Gasteiger partial charge on any atom is -0.480 e. The van der Waals surface area contributed by atoms with Crippen molar-refractivity contribution in [2.45, 2.75) is 44.8 Å². The van der Waals surface area contributed by atoms with E-state index in [1.807, 2.05) is 0 Å². The molecule has 0 spiro atoms. The van der Waals surface area contributed by atoms with E-state index < -0.39 is 48.2 Å². The molecule has 0 saturated heterocycles. The molecule has 8 N–H and O–H groups in total. The molecule has 3 amide bonds. The number of nitrogens with one attached hydrogen (secondary N) is 3. The number of hydrogen-bond acceptors (Lipinski definition) is 6. The molecule has 26 heavy (non-hydrogen) atoms. The van der Waals surface area contributed by atoms with Gasteiger partial charge in [-0.05, 0) is 5.92 Å². The van der Waals surface area contributed by atoms with Gasteiger partial charge in [-0.15, -0.1) is 0 Å². The van der Waals surface area contributed by atoms with Crippen molar-refractivity contribution >= 4 is 23.7 Å². The second kappa shape index (κ2) is 9.51. The number of nitrogens with zero attached hydrogens (tertiary/aromatic N) is 1. The molecule has 0 radical (unpaired) electrons. The van der Waals surface area contributed by atoms with Crippen molar-refractivity contribution in [1.29, 1.82) is 0 Å². The summed E-state index contributed by atoms with van der Waals surface area (Å²) in [5.74, 6) is -3.79. The summed E-state index contributed by atoms with van der Waals surface area (Å²) < 4.78 is 0. The molecule has 11 nitrogen and oxygen atoms in total. The van der Waals surface area contributed by atoms with Gasteiger partial charge < -0.3 is 32.2 Å². The van der Waals surface area contributed by atoms with Crippen LogP contribution in [0.2, 0.25) is 0 Å². The number of carbonyl (C=O) groups is 4. The first-order valence-corrected chi connectivity index (χ1v) is 7.96. The summed E-state index contributed by atoms with van der Waals surface area (Å²) >= 11 is 0. The van der Waals surface area contributed by atoms with Gasteiger partial charge in [0.05, 0.1) is 18.8 Å². The molecule has 0 unspecified atom stereocenters. The maximum absolute atomic E-state index is 12.5. The van der Waals surface area contributed by atoms with Crippen LogP contribution in [0.5, 0.6) is 0 Å². The van der Waals surface area contributed by atoms with Crippen LogP contribution >= 0.6 is 0 Å². The van der Waals surface area contributed by atoms with E-state index in [0.29, 0.717) is 5.69 Å². The van der Waals surface area contributed by atoms with E-state index in [-0.39, 0.29) is 12.3 Å². The van der Waals surface area contributed by atoms with E-state index in [0.717, 1.165) is 0 Å². The van der Waals surface area contributed by atoms with Crippen LogP contribution in [-0.2, 0) is 25.6 Å². The summed E-state index contributed by atoms with van der Waals surface area (Å²) in [7, 11) is 0. The molecule has 144 valence electrons. The predicted octanol–water partition coefficient (Wildman–Crippen LogP) is -2.13. The fraction of sp³-hybridized carbons (Fsp3) is 0.533. The summed E-state index contributed by atoms with van der Waals surface area (Å²) in [6.45, 7) is 3.50. The number of imidazole rings is 1. The maximum atomic E-state index is 12.5. The van der Waals surface area contributed by atoms with Gasteiger partial charge in [0.2, 0.25) is 17.7 Å². The van der Waals surface area contributed by atoms with Gasteiger partial charge in [0.15, 0.2) is 0 Å². The van der Waals surface area contributed by atoms with E-state index >= 15 is 0 Å². The van der Waals surface area contributed by atoms with Crippen LogP contribution in [0.25, 0.3) is 0 Å². The highest BCUT2D eigenvalue weighted by Crippen LogP contribution is 2.04. The minimum absolute atomic E-state index is 0.0330. The number of carboxylic acid groups (broad SMARTS) is 1. The molecule has 0 bridgehead atoms. The molecule has 1 aromatic heterocycles. The van der Waals surface area contributed by atoms with Crippen molar-refractivity contribution < 1.29 is 24.3 Å². The monoisotopic (exact) mass is 368 g/mol. The Morgan fingerprint density at radius 2 is 1.81 bits per heavy atom. The van der Waals surface area contributed by atoms with E-state index in [1.54, 1.807) is 13.8 Å². The average molecular weight is 368 g/mol. The zero-order valence-corrected chi connectivity index (χ0v) is 14.6. The van der Waals surface area contributed by atoms with Crippen LogP contribution < -0.4 is 22.1 Å². The van der Waals surface area contributed by atoms with E-state index in [4.69, 9.17) is 16.6 Å². The number of aromatic nitrogens is 2. The van der Waals surface area contributed by atoms with Crippen molar-refractivity contribution in [2.75, 3.05) is 0 Å². The molecular formula is C15H24N6O5. The van der Waals surface area contributed by atoms with Gasteiger partial charge in [0.1, 0.15) is 12.1 Å². The Morgan fingerprint density at radius 3 is 2.27 bits per heavy atom. The molecule has 0 aliphatic heterocycles. The van der Waals surface area contributed by atoms with Crippen LogP contribution in [0, 0.1) is 5.92 Å². The van der Waals surface area contributed by atoms with E-state index in [1.165, 1.54) is 12.5 Å². The first-order chi connectivity index (χ1) is 12.1. The van der Waals surface area contributed by atoms with Crippen LogP contribution in [0.15, 0.2) is 12.5 Å². The van der Waals surface area contributed by atoms with Crippen LogP contribution in [0.4, 0.5) is 0 Å². The third-order valence-corrected chi connectivity index (χ3v) is 3.65. The first-order valence-electron chi connectivity index (χ1n) is 7.96. The summed E-state index contributed by atoms with van der Waals surface area (Å²) in [4.78, 5) is 53.4. The summed E-state index contributed by atoms with van der Waals surface area (Å²) in [5.41, 5.74) is 11.3. The highest BCUT2D eigenvalue weighted by Gasteiger charge is 2.29. The van der Waals surface area contributed by atoms with Crippen LogP contribution in [-0.4, -0.2) is 56.9 Å². The third-order valence-electron chi connectivity index (χ3n) is 3.65. The molecular weight excluding hydrogens is 344 g/mol. The molecule has 0 aliphatic rings. The Balaban J connectivity index is 2.91. The second-order valence-electron chi connectivity index (χ2n) is 6.18. The largest absolute Gasteiger partial charge is 0.480 e. The van der Waals surface area contributed by atoms with Gasteiger partial charge in [0, 0.05) is 18.3 Å². The molecule has 0 aliphatic carbocycles. The molecule has 11 heteroatoms. The molecule has 0 saturated carbocycles. The lowest BCUT2D eigenvalue weighted by Gasteiger charge is -2.23. The normalized spacial score (nSPS) is 14.3. The average Bonchev–Trinajstić information content (AvgIpc) is 3.04. The second-order valence-corrected chi connectivity index (χ2v) is 6.18. The lowest BCUT2D eigenvalue weighted by molar-refractivity contribution is -0.143. The van der Waals surface area contributed by atoms with Gasteiger partial charge in [0.25, 0.3) is 0 Å². The fourth-order valence-corrected chi connectivity index (χ4v) is 2.07. The van der Waals surface area contributed by atoms with Gasteiger partial charge in [-0.3, -0.25) is 14.4 Å². The number of carbonyl (C=O) groups excluding carboxylic acids is 3. The number of nitrogens with two attached hydrogens (primary N) is 2. The lowest BCUT2D eigenvalue weighted by atomic mass is 10.0. The van der Waals surface area contributed by atoms with Crippen molar-refractivity contribution in [2.24, 2.45) is 17.4 Å². The number of H-pyrrole nitrogens is 1. The van der Waals surface area contributed by atoms with Crippen LogP contribution in [0.3, 0.4) is 0 Å². The fourth-order valence-electron chi connectivity index (χ4n) is 2.07. The zero-order chi connectivity index (χ0) is 19.9. The Kier molecular flexibility index (Phi) is 7.72. The molecule has 0 aromatic carbocycles. The Morgan fingerprint density at radius 1 is 1.19 bits per heavy atom. The topological polar surface area (TPSA) is 193 Å². The number of hydrogen-bond donors (Lipinski definition) is 6. The minimum atomic E-state index is -1.50. The number of primary amides is 1. The summed E-state index contributed by atoms with van der Waals surface area (Å²) in [5, 5.41) is 13.8. The van der Waals surface area contributed by atoms with Crippen LogP contribution in [0.1, 0.15) is 26.0 Å².